The minimum atomic E-state index is -0.889. The Labute approximate surface area is 121 Å². The number of nitrogens with zero attached hydrogens (tertiary/aromatic N) is 1. The van der Waals surface area contributed by atoms with Crippen molar-refractivity contribution in [1.82, 2.24) is 4.90 Å². The second-order valence-electron chi connectivity index (χ2n) is 4.72. The Hall–Kier alpha value is -0.0100. The number of likely N-dealkylation sites (tertiary alicyclic amines) is 1. The van der Waals surface area contributed by atoms with Crippen LogP contribution in [0.1, 0.15) is 13.3 Å². The fraction of sp³-hybridized carbons (Fsp3) is 0.818. The van der Waals surface area contributed by atoms with Crippen LogP contribution in [-0.4, -0.2) is 55.8 Å². The van der Waals surface area contributed by atoms with Gasteiger partial charge in [-0.25, -0.2) is 4.79 Å². The van der Waals surface area contributed by atoms with Gasteiger partial charge in [-0.1, -0.05) is 6.92 Å². The molecule has 1 N–H and O–H groups in total. The molecule has 2 rings (SSSR count). The number of amides is 1. The fourth-order valence-electron chi connectivity index (χ4n) is 2.36. The van der Waals surface area contributed by atoms with Gasteiger partial charge in [0.2, 0.25) is 5.91 Å². The first-order chi connectivity index (χ1) is 8.49. The van der Waals surface area contributed by atoms with Crippen molar-refractivity contribution in [3.8, 4) is 0 Å². The summed E-state index contributed by atoms with van der Waals surface area (Å²) in [6, 6.07) is -0.669. The molecule has 102 valence electrons. The quantitative estimate of drug-likeness (QED) is 0.772. The summed E-state index contributed by atoms with van der Waals surface area (Å²) in [5, 5.41) is 9.30. The Morgan fingerprint density at radius 1 is 1.50 bits per heavy atom. The summed E-state index contributed by atoms with van der Waals surface area (Å²) >= 11 is 7.73. The molecule has 0 radical (unpaired) electrons. The average Bonchev–Trinajstić information content (AvgIpc) is 2.95. The third-order valence-electron chi connectivity index (χ3n) is 3.37. The standard InChI is InChI=1S/C11H17NO3S3/c1-7(5-16)9(13)12-6-11(17-2-3-18-11)4-8(12)10(14)15/h7-8,16H,2-6H2,1H3,(H,14,15)/t7?,8-/m0/s1. The van der Waals surface area contributed by atoms with Crippen LogP contribution < -0.4 is 0 Å². The van der Waals surface area contributed by atoms with Gasteiger partial charge in [0, 0.05) is 36.1 Å². The minimum absolute atomic E-state index is 0.0811. The molecule has 18 heavy (non-hydrogen) atoms. The summed E-state index contributed by atoms with van der Waals surface area (Å²) in [7, 11) is 0. The van der Waals surface area contributed by atoms with Crippen molar-refractivity contribution in [2.24, 2.45) is 5.92 Å². The van der Waals surface area contributed by atoms with Crippen LogP contribution in [0.5, 0.6) is 0 Å². The van der Waals surface area contributed by atoms with Crippen LogP contribution in [-0.2, 0) is 9.59 Å². The average molecular weight is 307 g/mol. The van der Waals surface area contributed by atoms with Gasteiger partial charge in [0.1, 0.15) is 6.04 Å². The van der Waals surface area contributed by atoms with Crippen molar-refractivity contribution in [2.45, 2.75) is 23.5 Å². The molecule has 7 heteroatoms. The lowest BCUT2D eigenvalue weighted by atomic mass is 10.1. The van der Waals surface area contributed by atoms with E-state index < -0.39 is 12.0 Å². The zero-order chi connectivity index (χ0) is 13.3. The van der Waals surface area contributed by atoms with Crippen LogP contribution in [0.4, 0.5) is 0 Å². The number of rotatable bonds is 3. The molecule has 2 atom stereocenters. The zero-order valence-electron chi connectivity index (χ0n) is 10.2. The molecule has 0 aromatic carbocycles. The molecule has 2 aliphatic rings. The van der Waals surface area contributed by atoms with Gasteiger partial charge in [0.15, 0.2) is 0 Å². The van der Waals surface area contributed by atoms with E-state index in [2.05, 4.69) is 12.6 Å². The number of thiol groups is 1. The molecule has 1 unspecified atom stereocenters. The van der Waals surface area contributed by atoms with Gasteiger partial charge in [0.05, 0.1) is 4.08 Å². The predicted octanol–water partition coefficient (Wildman–Crippen LogP) is 1.41. The molecule has 0 aromatic heterocycles. The van der Waals surface area contributed by atoms with Crippen LogP contribution in [0, 0.1) is 5.92 Å². The highest BCUT2D eigenvalue weighted by atomic mass is 32.2. The Bertz CT molecular complexity index is 357. The van der Waals surface area contributed by atoms with E-state index >= 15 is 0 Å². The fourth-order valence-corrected chi connectivity index (χ4v) is 5.77. The highest BCUT2D eigenvalue weighted by Gasteiger charge is 2.51. The Morgan fingerprint density at radius 2 is 2.11 bits per heavy atom. The van der Waals surface area contributed by atoms with Gasteiger partial charge in [-0.2, -0.15) is 12.6 Å². The first-order valence-electron chi connectivity index (χ1n) is 5.91. The number of carbonyl (C=O) groups excluding carboxylic acids is 1. The van der Waals surface area contributed by atoms with Crippen LogP contribution in [0.2, 0.25) is 0 Å². The van der Waals surface area contributed by atoms with E-state index in [9.17, 15) is 14.7 Å². The molecule has 0 bridgehead atoms. The van der Waals surface area contributed by atoms with Crippen molar-refractivity contribution in [3.05, 3.63) is 0 Å². The second kappa shape index (κ2) is 5.54. The lowest BCUT2D eigenvalue weighted by Gasteiger charge is -2.25. The van der Waals surface area contributed by atoms with Crippen molar-refractivity contribution in [2.75, 3.05) is 23.8 Å². The summed E-state index contributed by atoms with van der Waals surface area (Å²) < 4.78 is -0.0883. The van der Waals surface area contributed by atoms with E-state index in [1.165, 1.54) is 0 Å². The predicted molar refractivity (Wildman–Crippen MR) is 78.4 cm³/mol. The molecule has 0 saturated carbocycles. The molecule has 2 saturated heterocycles. The van der Waals surface area contributed by atoms with Crippen LogP contribution in [0.15, 0.2) is 0 Å². The molecule has 1 amide bonds. The normalized spacial score (nSPS) is 27.7. The number of carboxylic acid groups (broad SMARTS) is 1. The zero-order valence-corrected chi connectivity index (χ0v) is 12.7. The van der Waals surface area contributed by atoms with E-state index in [-0.39, 0.29) is 15.9 Å². The van der Waals surface area contributed by atoms with Gasteiger partial charge < -0.3 is 10.0 Å². The maximum absolute atomic E-state index is 12.2. The van der Waals surface area contributed by atoms with Gasteiger partial charge in [-0.3, -0.25) is 4.79 Å². The van der Waals surface area contributed by atoms with E-state index in [0.717, 1.165) is 11.5 Å². The van der Waals surface area contributed by atoms with Gasteiger partial charge in [-0.15, -0.1) is 23.5 Å². The van der Waals surface area contributed by atoms with Crippen LogP contribution in [0.25, 0.3) is 0 Å². The highest BCUT2D eigenvalue weighted by molar-refractivity contribution is 8.21. The molecule has 4 nitrogen and oxygen atoms in total. The first kappa shape index (κ1) is 14.4. The van der Waals surface area contributed by atoms with Crippen molar-refractivity contribution >= 4 is 48.0 Å². The number of hydrogen-bond acceptors (Lipinski definition) is 5. The summed E-state index contributed by atoms with van der Waals surface area (Å²) in [4.78, 5) is 25.1. The minimum Gasteiger partial charge on any atom is -0.480 e. The first-order valence-corrected chi connectivity index (χ1v) is 8.51. The topological polar surface area (TPSA) is 57.6 Å². The van der Waals surface area contributed by atoms with Gasteiger partial charge >= 0.3 is 5.97 Å². The third-order valence-corrected chi connectivity index (χ3v) is 7.34. The molecular weight excluding hydrogens is 290 g/mol. The molecule has 0 aliphatic carbocycles. The Kier molecular flexibility index (Phi) is 4.44. The van der Waals surface area contributed by atoms with E-state index in [1.54, 1.807) is 35.3 Å². The summed E-state index contributed by atoms with van der Waals surface area (Å²) in [5.74, 6) is 1.35. The largest absolute Gasteiger partial charge is 0.480 e. The Balaban J connectivity index is 2.17. The highest BCUT2D eigenvalue weighted by Crippen LogP contribution is 2.51. The molecular formula is C11H17NO3S3. The number of hydrogen-bond donors (Lipinski definition) is 2. The maximum Gasteiger partial charge on any atom is 0.326 e. The second-order valence-corrected chi connectivity index (χ2v) is 8.30. The van der Waals surface area contributed by atoms with Crippen LogP contribution >= 0.6 is 36.2 Å². The number of carbonyl (C=O) groups is 2. The lowest BCUT2D eigenvalue weighted by molar-refractivity contribution is -0.149. The summed E-state index contributed by atoms with van der Waals surface area (Å²) in [6.07, 6.45) is 0.558. The van der Waals surface area contributed by atoms with Crippen LogP contribution in [0.3, 0.4) is 0 Å². The third kappa shape index (κ3) is 2.63. The maximum atomic E-state index is 12.2. The molecule has 2 heterocycles. The van der Waals surface area contributed by atoms with E-state index in [4.69, 9.17) is 0 Å². The Morgan fingerprint density at radius 3 is 2.61 bits per heavy atom. The molecule has 2 aliphatic heterocycles. The molecule has 2 fully saturated rings. The summed E-state index contributed by atoms with van der Waals surface area (Å²) in [6.45, 7) is 2.35. The van der Waals surface area contributed by atoms with Gasteiger partial charge in [-0.05, 0) is 0 Å². The number of carboxylic acids is 1. The van der Waals surface area contributed by atoms with Gasteiger partial charge in [0.25, 0.3) is 0 Å². The SMILES string of the molecule is CC(CS)C(=O)N1CC2(C[C@H]1C(=O)O)SCCS2. The van der Waals surface area contributed by atoms with Crippen molar-refractivity contribution in [1.29, 1.82) is 0 Å². The molecule has 1 spiro atoms. The summed E-state index contributed by atoms with van der Waals surface area (Å²) in [5.41, 5.74) is 0. The molecule has 0 aromatic rings. The van der Waals surface area contributed by atoms with E-state index in [0.29, 0.717) is 18.7 Å². The lowest BCUT2D eigenvalue weighted by Crippen LogP contribution is -2.43. The number of thioether (sulfide) groups is 2. The van der Waals surface area contributed by atoms with E-state index in [1.807, 2.05) is 0 Å². The number of aliphatic carboxylic acids is 1. The smallest absolute Gasteiger partial charge is 0.326 e. The monoisotopic (exact) mass is 307 g/mol. The van der Waals surface area contributed by atoms with Crippen molar-refractivity contribution < 1.29 is 14.7 Å². The van der Waals surface area contributed by atoms with Crippen molar-refractivity contribution in [3.63, 3.8) is 0 Å².